The lowest BCUT2D eigenvalue weighted by molar-refractivity contribution is -0.130. The van der Waals surface area contributed by atoms with Gasteiger partial charge in [0.1, 0.15) is 6.61 Å². The number of hydrogen-bond donors (Lipinski definition) is 2. The number of rotatable bonds is 3. The molecule has 12 heavy (non-hydrogen) atoms. The summed E-state index contributed by atoms with van der Waals surface area (Å²) in [6.07, 6.45) is 0.166. The van der Waals surface area contributed by atoms with Crippen molar-refractivity contribution in [3.63, 3.8) is 0 Å². The summed E-state index contributed by atoms with van der Waals surface area (Å²) in [7, 11) is 0. The number of Topliss-reactive ketones (excluding diaryl/α,β-unsaturated/α-hetero) is 1. The molecule has 1 atom stereocenters. The lowest BCUT2D eigenvalue weighted by atomic mass is 10.1. The van der Waals surface area contributed by atoms with E-state index in [2.05, 4.69) is 4.98 Å². The first-order valence-corrected chi connectivity index (χ1v) is 3.48. The minimum Gasteiger partial charge on any atom is -0.388 e. The molecule has 0 saturated carbocycles. The Morgan fingerprint density at radius 1 is 1.58 bits per heavy atom. The minimum atomic E-state index is -1.31. The highest BCUT2D eigenvalue weighted by atomic mass is 16.3. The summed E-state index contributed by atoms with van der Waals surface area (Å²) < 4.78 is 0. The Balaban J connectivity index is 2.78. The maximum absolute atomic E-state index is 10.8. The Bertz CT molecular complexity index is 260. The van der Waals surface area contributed by atoms with E-state index in [0.29, 0.717) is 0 Å². The molecule has 0 spiro atoms. The van der Waals surface area contributed by atoms with E-state index in [1.54, 1.807) is 12.1 Å². The molecule has 64 valence electrons. The molecular formula is C8H9NO3. The lowest BCUT2D eigenvalue weighted by Crippen LogP contribution is -2.16. The molecule has 4 nitrogen and oxygen atoms in total. The largest absolute Gasteiger partial charge is 0.388 e. The van der Waals surface area contributed by atoms with Crippen LogP contribution in [0.2, 0.25) is 0 Å². The quantitative estimate of drug-likeness (QED) is 0.647. The van der Waals surface area contributed by atoms with Gasteiger partial charge in [-0.15, -0.1) is 0 Å². The van der Waals surface area contributed by atoms with Crippen LogP contribution in [0.1, 0.15) is 11.8 Å². The molecule has 0 aliphatic heterocycles. The molecule has 1 heterocycles. The molecule has 0 saturated heterocycles. The molecule has 0 aliphatic carbocycles. The van der Waals surface area contributed by atoms with Crippen molar-refractivity contribution in [2.75, 3.05) is 6.61 Å². The monoisotopic (exact) mass is 167 g/mol. The molecule has 1 rings (SSSR count). The first-order chi connectivity index (χ1) is 5.75. The predicted molar refractivity (Wildman–Crippen MR) is 41.3 cm³/mol. The van der Waals surface area contributed by atoms with Gasteiger partial charge in [-0.25, -0.2) is 0 Å². The molecule has 1 aromatic heterocycles. The molecule has 0 amide bonds. The second-order valence-electron chi connectivity index (χ2n) is 2.28. The second-order valence-corrected chi connectivity index (χ2v) is 2.28. The summed E-state index contributed by atoms with van der Waals surface area (Å²) in [4.78, 5) is 14.5. The van der Waals surface area contributed by atoms with Gasteiger partial charge in [-0.1, -0.05) is 6.07 Å². The second kappa shape index (κ2) is 3.94. The summed E-state index contributed by atoms with van der Waals surface area (Å²) in [5.74, 6) is -0.645. The van der Waals surface area contributed by atoms with Crippen molar-refractivity contribution in [2.24, 2.45) is 0 Å². The molecule has 0 aliphatic rings. The normalized spacial score (nSPS) is 12.5. The molecule has 0 aromatic carbocycles. The predicted octanol–water partition coefficient (Wildman–Crippen LogP) is -0.324. The number of aliphatic hydroxyl groups is 2. The average Bonchev–Trinajstić information content (AvgIpc) is 2.17. The summed E-state index contributed by atoms with van der Waals surface area (Å²) in [6.45, 7) is -0.669. The smallest absolute Gasteiger partial charge is 0.192 e. The molecular weight excluding hydrogens is 158 g/mol. The van der Waals surface area contributed by atoms with E-state index in [9.17, 15) is 9.90 Å². The van der Waals surface area contributed by atoms with Gasteiger partial charge in [0.15, 0.2) is 11.9 Å². The maximum Gasteiger partial charge on any atom is 0.192 e. The highest BCUT2D eigenvalue weighted by Crippen LogP contribution is 2.08. The van der Waals surface area contributed by atoms with Gasteiger partial charge >= 0.3 is 0 Å². The van der Waals surface area contributed by atoms with Crippen molar-refractivity contribution in [1.29, 1.82) is 0 Å². The third kappa shape index (κ3) is 1.87. The van der Waals surface area contributed by atoms with Crippen LogP contribution in [0.3, 0.4) is 0 Å². The average molecular weight is 167 g/mol. The van der Waals surface area contributed by atoms with Gasteiger partial charge in [0.25, 0.3) is 0 Å². The summed E-state index contributed by atoms with van der Waals surface area (Å²) in [5, 5.41) is 17.6. The standard InChI is InChI=1S/C8H9NO3/c10-5-7(11)8(12)6-3-1-2-4-9-6/h1-4,8,10,12H,5H2. The number of carbonyl (C=O) groups excluding carboxylic acids is 1. The van der Waals surface area contributed by atoms with Crippen molar-refractivity contribution in [3.8, 4) is 0 Å². The van der Waals surface area contributed by atoms with E-state index in [0.717, 1.165) is 0 Å². The molecule has 0 radical (unpaired) electrons. The van der Waals surface area contributed by atoms with Crippen LogP contribution in [0.4, 0.5) is 0 Å². The maximum atomic E-state index is 10.8. The fourth-order valence-corrected chi connectivity index (χ4v) is 0.789. The Hall–Kier alpha value is -1.26. The summed E-state index contributed by atoms with van der Waals surface area (Å²) >= 11 is 0. The molecule has 0 fully saturated rings. The van der Waals surface area contributed by atoms with Crippen molar-refractivity contribution in [1.82, 2.24) is 4.98 Å². The van der Waals surface area contributed by atoms with Crippen LogP contribution in [-0.4, -0.2) is 27.6 Å². The lowest BCUT2D eigenvalue weighted by Gasteiger charge is -2.05. The number of carbonyl (C=O) groups is 1. The van der Waals surface area contributed by atoms with Crippen molar-refractivity contribution >= 4 is 5.78 Å². The topological polar surface area (TPSA) is 70.4 Å². The van der Waals surface area contributed by atoms with Gasteiger partial charge in [0.05, 0.1) is 5.69 Å². The number of hydrogen-bond acceptors (Lipinski definition) is 4. The summed E-state index contributed by atoms with van der Waals surface area (Å²) in [6, 6.07) is 4.87. The zero-order chi connectivity index (χ0) is 8.97. The minimum absolute atomic E-state index is 0.261. The van der Waals surface area contributed by atoms with Gasteiger partial charge < -0.3 is 10.2 Å². The van der Waals surface area contributed by atoms with E-state index in [-0.39, 0.29) is 5.69 Å². The van der Waals surface area contributed by atoms with E-state index in [1.807, 2.05) is 0 Å². The van der Waals surface area contributed by atoms with Crippen LogP contribution in [0.15, 0.2) is 24.4 Å². The van der Waals surface area contributed by atoms with E-state index in [1.165, 1.54) is 12.3 Å². The van der Waals surface area contributed by atoms with Gasteiger partial charge in [0, 0.05) is 6.20 Å². The molecule has 1 aromatic rings. The Morgan fingerprint density at radius 2 is 2.33 bits per heavy atom. The Labute approximate surface area is 69.5 Å². The third-order valence-corrected chi connectivity index (χ3v) is 1.43. The zero-order valence-corrected chi connectivity index (χ0v) is 6.34. The Kier molecular flexibility index (Phi) is 2.90. The third-order valence-electron chi connectivity index (χ3n) is 1.43. The van der Waals surface area contributed by atoms with Gasteiger partial charge in [-0.3, -0.25) is 9.78 Å². The number of nitrogens with zero attached hydrogens (tertiary/aromatic N) is 1. The van der Waals surface area contributed by atoms with Gasteiger partial charge in [-0.2, -0.15) is 0 Å². The highest BCUT2D eigenvalue weighted by Gasteiger charge is 2.16. The Morgan fingerprint density at radius 3 is 2.83 bits per heavy atom. The summed E-state index contributed by atoms with van der Waals surface area (Å²) in [5.41, 5.74) is 0.261. The van der Waals surface area contributed by atoms with Crippen LogP contribution >= 0.6 is 0 Å². The van der Waals surface area contributed by atoms with Crippen molar-refractivity contribution in [3.05, 3.63) is 30.1 Å². The van der Waals surface area contributed by atoms with Crippen LogP contribution < -0.4 is 0 Å². The van der Waals surface area contributed by atoms with Crippen molar-refractivity contribution in [2.45, 2.75) is 6.10 Å². The SMILES string of the molecule is O=C(CO)C(O)c1ccccn1. The van der Waals surface area contributed by atoms with E-state index < -0.39 is 18.5 Å². The number of pyridine rings is 1. The number of aromatic nitrogens is 1. The van der Waals surface area contributed by atoms with Crippen LogP contribution in [0.25, 0.3) is 0 Å². The van der Waals surface area contributed by atoms with Crippen molar-refractivity contribution < 1.29 is 15.0 Å². The number of aliphatic hydroxyl groups excluding tert-OH is 2. The van der Waals surface area contributed by atoms with Crippen LogP contribution in [-0.2, 0) is 4.79 Å². The molecule has 1 unspecified atom stereocenters. The van der Waals surface area contributed by atoms with E-state index >= 15 is 0 Å². The highest BCUT2D eigenvalue weighted by molar-refractivity contribution is 5.84. The van der Waals surface area contributed by atoms with Gasteiger partial charge in [0.2, 0.25) is 0 Å². The molecule has 0 bridgehead atoms. The first-order valence-electron chi connectivity index (χ1n) is 3.48. The fraction of sp³-hybridized carbons (Fsp3) is 0.250. The first kappa shape index (κ1) is 8.83. The zero-order valence-electron chi connectivity index (χ0n) is 6.34. The van der Waals surface area contributed by atoms with Crippen LogP contribution in [0, 0.1) is 0 Å². The van der Waals surface area contributed by atoms with Crippen LogP contribution in [0.5, 0.6) is 0 Å². The fourth-order valence-electron chi connectivity index (χ4n) is 0.789. The van der Waals surface area contributed by atoms with E-state index in [4.69, 9.17) is 5.11 Å². The molecule has 2 N–H and O–H groups in total. The molecule has 4 heteroatoms. The van der Waals surface area contributed by atoms with Gasteiger partial charge in [-0.05, 0) is 12.1 Å². The number of ketones is 1.